The van der Waals surface area contributed by atoms with Crippen molar-refractivity contribution in [2.45, 2.75) is 6.92 Å². The summed E-state index contributed by atoms with van der Waals surface area (Å²) in [4.78, 5) is 0. The first-order chi connectivity index (χ1) is 1.41. The zero-order chi connectivity index (χ0) is 2.71. The molecule has 0 aliphatic carbocycles. The first-order valence-electron chi connectivity index (χ1n) is 0.789. The molecule has 0 amide bonds. The predicted octanol–water partition coefficient (Wildman–Crippen LogP) is -5.35. The van der Waals surface area contributed by atoms with E-state index in [0.29, 0.717) is 0 Å². The molecule has 0 saturated heterocycles. The summed E-state index contributed by atoms with van der Waals surface area (Å²) < 4.78 is 0. The van der Waals surface area contributed by atoms with Crippen molar-refractivity contribution in [1.29, 1.82) is 0 Å². The molecule has 0 aromatic carbocycles. The van der Waals surface area contributed by atoms with Crippen LogP contribution in [0.2, 0.25) is 0 Å². The molecule has 0 heterocycles. The maximum Gasteiger partial charge on any atom is 1.00 e. The Morgan fingerprint density at radius 1 is 1.60 bits per heavy atom. The summed E-state index contributed by atoms with van der Waals surface area (Å²) in [7, 11) is 0. The van der Waals surface area contributed by atoms with Gasteiger partial charge in [-0.1, -0.05) is 0 Å². The fourth-order valence-electron chi connectivity index (χ4n) is 0. The average Bonchev–Trinajstić information content (AvgIpc) is 0.918. The minimum atomic E-state index is 0. The van der Waals surface area contributed by atoms with E-state index >= 15 is 0 Å². The van der Waals surface area contributed by atoms with Gasteiger partial charge in [0.1, 0.15) is 0 Å². The summed E-state index contributed by atoms with van der Waals surface area (Å²) in [5.41, 5.74) is 0. The molecule has 0 rings (SSSR count). The largest absolute Gasteiger partial charge is 1.00 e. The smallest absolute Gasteiger partial charge is 1.00 e. The van der Waals surface area contributed by atoms with E-state index in [-0.39, 0.29) is 42.0 Å². The maximum atomic E-state index is 4.60. The number of hydrogen-bond acceptors (Lipinski definition) is 0. The van der Waals surface area contributed by atoms with Crippen LogP contribution in [0.1, 0.15) is 6.92 Å². The maximum absolute atomic E-state index is 4.60. The quantitative estimate of drug-likeness (QED) is 0.210. The van der Waals surface area contributed by atoms with Gasteiger partial charge in [-0.15, -0.1) is 12.3 Å². The first-order valence-corrected chi connectivity index (χ1v) is 0.789. The molecule has 0 saturated carbocycles. The Morgan fingerprint density at radius 3 is 1.60 bits per heavy atom. The Hall–Kier alpha value is 0.850. The zero-order valence-electron chi connectivity index (χ0n) is 3.46. The van der Waals surface area contributed by atoms with Crippen molar-refractivity contribution in [2.24, 2.45) is 0 Å². The molecule has 0 nitrogen and oxygen atoms in total. The van der Waals surface area contributed by atoms with E-state index in [4.69, 9.17) is 0 Å². The second-order valence-electron chi connectivity index (χ2n) is 0.289. The number of terminal acetylenes is 1. The molecule has 0 N–H and O–H groups in total. The van der Waals surface area contributed by atoms with Crippen molar-refractivity contribution < 1.29 is 42.0 Å². The molecule has 0 unspecified atom stereocenters. The zero-order valence-corrected chi connectivity index (χ0v) is 6.21. The van der Waals surface area contributed by atoms with Gasteiger partial charge in [0.2, 0.25) is 0 Å². The van der Waals surface area contributed by atoms with Crippen molar-refractivity contribution in [3.63, 3.8) is 0 Å². The van der Waals surface area contributed by atoms with E-state index in [9.17, 15) is 0 Å². The molecule has 0 aromatic heterocycles. The molecule has 0 spiro atoms. The van der Waals surface area contributed by atoms with Crippen LogP contribution < -0.4 is 42.0 Å². The molecule has 0 fully saturated rings. The average molecular weight is 98.5 g/mol. The van der Waals surface area contributed by atoms with Crippen LogP contribution in [0.25, 0.3) is 0 Å². The summed E-state index contributed by atoms with van der Waals surface area (Å²) >= 11 is 0. The van der Waals surface area contributed by atoms with Crippen LogP contribution in [-0.2, 0) is 0 Å². The van der Waals surface area contributed by atoms with Gasteiger partial charge < -0.3 is 12.4 Å². The Balaban J connectivity index is -0.0000000200. The van der Waals surface area contributed by atoms with Crippen molar-refractivity contribution in [1.82, 2.24) is 0 Å². The fourth-order valence-corrected chi connectivity index (χ4v) is 0. The molecule has 0 radical (unpaired) electrons. The Morgan fingerprint density at radius 2 is 1.60 bits per heavy atom. The topological polar surface area (TPSA) is 0 Å². The molecule has 0 aliphatic heterocycles. The van der Waals surface area contributed by atoms with Crippen LogP contribution in [0.15, 0.2) is 0 Å². The first kappa shape index (κ1) is 16.9. The van der Waals surface area contributed by atoms with Crippen molar-refractivity contribution in [3.05, 3.63) is 0 Å². The molecular weight excluding hydrogens is 94.5 g/mol. The molecule has 0 bridgehead atoms. The number of rotatable bonds is 0. The molecule has 2 heteroatoms. The third kappa shape index (κ3) is 54.5. The van der Waals surface area contributed by atoms with E-state index in [0.717, 1.165) is 0 Å². The molecular formula is C3H4ClNa. The van der Waals surface area contributed by atoms with Crippen molar-refractivity contribution in [2.75, 3.05) is 0 Å². The van der Waals surface area contributed by atoms with E-state index in [1.54, 1.807) is 6.92 Å². The van der Waals surface area contributed by atoms with E-state index in [1.165, 1.54) is 0 Å². The summed E-state index contributed by atoms with van der Waals surface area (Å²) in [6, 6.07) is 0. The molecule has 0 atom stereocenters. The van der Waals surface area contributed by atoms with Crippen molar-refractivity contribution in [3.8, 4) is 12.3 Å². The summed E-state index contributed by atoms with van der Waals surface area (Å²) in [6.45, 7) is 1.65. The van der Waals surface area contributed by atoms with E-state index in [1.807, 2.05) is 0 Å². The van der Waals surface area contributed by atoms with Crippen LogP contribution in [0.5, 0.6) is 0 Å². The van der Waals surface area contributed by atoms with Crippen LogP contribution in [0.4, 0.5) is 0 Å². The summed E-state index contributed by atoms with van der Waals surface area (Å²) in [5.74, 6) is 2.25. The van der Waals surface area contributed by atoms with Gasteiger partial charge in [0.25, 0.3) is 0 Å². The second-order valence-corrected chi connectivity index (χ2v) is 0.289. The predicted molar refractivity (Wildman–Crippen MR) is 14.5 cm³/mol. The van der Waals surface area contributed by atoms with Gasteiger partial charge in [-0.3, -0.25) is 0 Å². The van der Waals surface area contributed by atoms with Gasteiger partial charge in [0.05, 0.1) is 0 Å². The van der Waals surface area contributed by atoms with Gasteiger partial charge in [0, 0.05) is 0 Å². The monoisotopic (exact) mass is 98.0 g/mol. The third-order valence-electron chi connectivity index (χ3n) is 0. The molecule has 0 aliphatic rings. The van der Waals surface area contributed by atoms with Gasteiger partial charge >= 0.3 is 29.6 Å². The molecule has 0 aromatic rings. The second kappa shape index (κ2) is 21.0. The molecule has 5 heavy (non-hydrogen) atoms. The van der Waals surface area contributed by atoms with Crippen LogP contribution in [0.3, 0.4) is 0 Å². The number of halogens is 1. The van der Waals surface area contributed by atoms with Crippen LogP contribution in [-0.4, -0.2) is 0 Å². The van der Waals surface area contributed by atoms with Crippen LogP contribution >= 0.6 is 0 Å². The SMILES string of the molecule is C#CC.[Cl-].[Na+]. The molecule has 24 valence electrons. The standard InChI is InChI=1S/C3H4.ClH.Na/c1-3-2;;/h1H,2H3;1H;/q;;+1/p-1. The Bertz CT molecular complexity index is 28.4. The van der Waals surface area contributed by atoms with E-state index in [2.05, 4.69) is 12.3 Å². The van der Waals surface area contributed by atoms with Crippen molar-refractivity contribution >= 4 is 0 Å². The number of hydrogen-bond donors (Lipinski definition) is 0. The van der Waals surface area contributed by atoms with Gasteiger partial charge in [0.15, 0.2) is 0 Å². The Labute approximate surface area is 61.0 Å². The summed E-state index contributed by atoms with van der Waals surface area (Å²) in [5, 5.41) is 0. The minimum absolute atomic E-state index is 0. The fraction of sp³-hybridized carbons (Fsp3) is 0.333. The van der Waals surface area contributed by atoms with E-state index < -0.39 is 0 Å². The minimum Gasteiger partial charge on any atom is -1.00 e. The summed E-state index contributed by atoms with van der Waals surface area (Å²) in [6.07, 6.45) is 4.60. The van der Waals surface area contributed by atoms with Gasteiger partial charge in [-0.25, -0.2) is 0 Å². The third-order valence-corrected chi connectivity index (χ3v) is 0. The normalized spacial score (nSPS) is 1.60. The van der Waals surface area contributed by atoms with Gasteiger partial charge in [-0.05, 0) is 6.92 Å². The van der Waals surface area contributed by atoms with Gasteiger partial charge in [-0.2, -0.15) is 0 Å². The van der Waals surface area contributed by atoms with Crippen LogP contribution in [0, 0.1) is 12.3 Å². The Kier molecular flexibility index (Phi) is 71.2.